The van der Waals surface area contributed by atoms with Gasteiger partial charge in [0, 0.05) is 21.5 Å². The quantitative estimate of drug-likeness (QED) is 0.231. The average Bonchev–Trinajstić information content (AvgIpc) is 3.53. The molecule has 2 aromatic heterocycles. The van der Waals surface area contributed by atoms with Crippen molar-refractivity contribution in [3.05, 3.63) is 133 Å². The molecule has 7 aromatic carbocycles. The number of hydrogen-bond donors (Lipinski definition) is 0. The highest BCUT2D eigenvalue weighted by Crippen LogP contribution is 2.40. The third kappa shape index (κ3) is 3.23. The molecule has 0 spiro atoms. The van der Waals surface area contributed by atoms with Crippen molar-refractivity contribution >= 4 is 65.4 Å². The van der Waals surface area contributed by atoms with Crippen molar-refractivity contribution in [3.63, 3.8) is 0 Å². The molecular formula is C38H22O2. The summed E-state index contributed by atoms with van der Waals surface area (Å²) in [5, 5.41) is 9.09. The molecule has 0 aliphatic rings. The molecular weight excluding hydrogens is 488 g/mol. The van der Waals surface area contributed by atoms with Gasteiger partial charge in [0.15, 0.2) is 0 Å². The van der Waals surface area contributed by atoms with Crippen LogP contribution in [0.25, 0.3) is 87.7 Å². The maximum Gasteiger partial charge on any atom is 0.136 e. The fraction of sp³-hybridized carbons (Fsp3) is 0. The van der Waals surface area contributed by atoms with Crippen LogP contribution in [0.3, 0.4) is 0 Å². The van der Waals surface area contributed by atoms with Gasteiger partial charge in [0.25, 0.3) is 0 Å². The van der Waals surface area contributed by atoms with Crippen LogP contribution in [0.1, 0.15) is 0 Å². The number of furan rings is 2. The fourth-order valence-electron chi connectivity index (χ4n) is 6.15. The molecule has 9 aromatic rings. The molecule has 0 fully saturated rings. The Morgan fingerprint density at radius 3 is 1.12 bits per heavy atom. The lowest BCUT2D eigenvalue weighted by Crippen LogP contribution is -1.79. The Balaban J connectivity index is 1.21. The summed E-state index contributed by atoms with van der Waals surface area (Å²) in [7, 11) is 0. The number of benzene rings is 7. The number of fused-ring (bicyclic) bond motifs is 8. The van der Waals surface area contributed by atoms with Crippen LogP contribution in [0.4, 0.5) is 0 Å². The minimum absolute atomic E-state index is 0.878. The number of rotatable bonds is 2. The van der Waals surface area contributed by atoms with Crippen molar-refractivity contribution in [2.45, 2.75) is 0 Å². The smallest absolute Gasteiger partial charge is 0.136 e. The molecule has 0 aliphatic heterocycles. The molecule has 40 heavy (non-hydrogen) atoms. The topological polar surface area (TPSA) is 26.3 Å². The van der Waals surface area contributed by atoms with Crippen molar-refractivity contribution in [2.24, 2.45) is 0 Å². The number of hydrogen-bond acceptors (Lipinski definition) is 2. The summed E-state index contributed by atoms with van der Waals surface area (Å²) in [5.74, 6) is 0. The fourth-order valence-corrected chi connectivity index (χ4v) is 6.15. The van der Waals surface area contributed by atoms with Crippen LogP contribution < -0.4 is 0 Å². The molecule has 0 saturated carbocycles. The Morgan fingerprint density at radius 1 is 0.275 bits per heavy atom. The summed E-state index contributed by atoms with van der Waals surface area (Å²) >= 11 is 0. The van der Waals surface area contributed by atoms with Gasteiger partial charge in [-0.05, 0) is 92.3 Å². The standard InChI is InChI=1S/C38H22O2/c1-3-7-23(8-4-1)25-11-13-27-17-31-33-21-38-34(22-37(33)39-35(31)19-29(27)15-25)32-18-28-14-12-26(24-9-5-2-6-10-24)16-30(28)20-36(32)40-38/h1-22H. The molecule has 9 rings (SSSR count). The Labute approximate surface area is 229 Å². The van der Waals surface area contributed by atoms with Crippen LogP contribution in [0.15, 0.2) is 142 Å². The highest BCUT2D eigenvalue weighted by molar-refractivity contribution is 6.18. The van der Waals surface area contributed by atoms with E-state index in [0.29, 0.717) is 0 Å². The normalized spacial score (nSPS) is 12.0. The minimum atomic E-state index is 0.878. The average molecular weight is 511 g/mol. The van der Waals surface area contributed by atoms with Gasteiger partial charge in [0.1, 0.15) is 22.3 Å². The summed E-state index contributed by atoms with van der Waals surface area (Å²) in [4.78, 5) is 0. The molecule has 0 saturated heterocycles. The monoisotopic (exact) mass is 510 g/mol. The lowest BCUT2D eigenvalue weighted by atomic mass is 9.99. The van der Waals surface area contributed by atoms with Gasteiger partial charge in [-0.3, -0.25) is 0 Å². The molecule has 0 N–H and O–H groups in total. The highest BCUT2D eigenvalue weighted by Gasteiger charge is 2.15. The predicted molar refractivity (Wildman–Crippen MR) is 167 cm³/mol. The molecule has 186 valence electrons. The maximum atomic E-state index is 6.44. The zero-order valence-corrected chi connectivity index (χ0v) is 21.5. The van der Waals surface area contributed by atoms with Crippen LogP contribution in [-0.2, 0) is 0 Å². The van der Waals surface area contributed by atoms with Crippen LogP contribution in [-0.4, -0.2) is 0 Å². The first-order valence-corrected chi connectivity index (χ1v) is 13.6. The molecule has 0 unspecified atom stereocenters. The van der Waals surface area contributed by atoms with Gasteiger partial charge in [0.05, 0.1) is 0 Å². The van der Waals surface area contributed by atoms with E-state index in [1.807, 2.05) is 12.1 Å². The molecule has 2 heterocycles. The van der Waals surface area contributed by atoms with Gasteiger partial charge < -0.3 is 8.83 Å². The second-order valence-electron chi connectivity index (χ2n) is 10.6. The van der Waals surface area contributed by atoms with E-state index in [2.05, 4.69) is 121 Å². The second kappa shape index (κ2) is 8.08. The van der Waals surface area contributed by atoms with Gasteiger partial charge in [-0.1, -0.05) is 84.9 Å². The van der Waals surface area contributed by atoms with Crippen molar-refractivity contribution in [1.29, 1.82) is 0 Å². The SMILES string of the molecule is c1ccc(-c2ccc3cc4c(cc3c2)oc2cc3c(cc24)oc2cc4cc(-c5ccccc5)ccc4cc23)cc1. The van der Waals surface area contributed by atoms with E-state index >= 15 is 0 Å². The molecule has 0 radical (unpaired) electrons. The molecule has 0 aliphatic carbocycles. The largest absolute Gasteiger partial charge is 0.456 e. The Kier molecular flexibility index (Phi) is 4.36. The lowest BCUT2D eigenvalue weighted by molar-refractivity contribution is 0.664. The first kappa shape index (κ1) is 21.6. The molecule has 0 bridgehead atoms. The van der Waals surface area contributed by atoms with E-state index < -0.39 is 0 Å². The first-order chi connectivity index (χ1) is 19.8. The summed E-state index contributed by atoms with van der Waals surface area (Å²) in [6, 6.07) is 47.3. The molecule has 0 atom stereocenters. The zero-order chi connectivity index (χ0) is 26.2. The van der Waals surface area contributed by atoms with Gasteiger partial charge >= 0.3 is 0 Å². The Hall–Kier alpha value is -5.34. The summed E-state index contributed by atoms with van der Waals surface area (Å²) in [5.41, 5.74) is 8.38. The molecule has 0 amide bonds. The van der Waals surface area contributed by atoms with Crippen molar-refractivity contribution < 1.29 is 8.83 Å². The Morgan fingerprint density at radius 2 is 0.675 bits per heavy atom. The van der Waals surface area contributed by atoms with Crippen LogP contribution in [0.5, 0.6) is 0 Å². The van der Waals surface area contributed by atoms with Gasteiger partial charge in [0.2, 0.25) is 0 Å². The van der Waals surface area contributed by atoms with E-state index in [0.717, 1.165) is 43.9 Å². The molecule has 2 nitrogen and oxygen atoms in total. The van der Waals surface area contributed by atoms with Gasteiger partial charge in [-0.2, -0.15) is 0 Å². The van der Waals surface area contributed by atoms with E-state index in [1.54, 1.807) is 0 Å². The van der Waals surface area contributed by atoms with Gasteiger partial charge in [-0.25, -0.2) is 0 Å². The van der Waals surface area contributed by atoms with E-state index in [4.69, 9.17) is 8.83 Å². The van der Waals surface area contributed by atoms with Gasteiger partial charge in [-0.15, -0.1) is 0 Å². The minimum Gasteiger partial charge on any atom is -0.456 e. The Bertz CT molecular complexity index is 2240. The zero-order valence-electron chi connectivity index (χ0n) is 21.5. The van der Waals surface area contributed by atoms with E-state index in [1.165, 1.54) is 43.8 Å². The third-order valence-electron chi connectivity index (χ3n) is 8.19. The van der Waals surface area contributed by atoms with Crippen LogP contribution in [0, 0.1) is 0 Å². The second-order valence-corrected chi connectivity index (χ2v) is 10.6. The summed E-state index contributed by atoms with van der Waals surface area (Å²) < 4.78 is 12.9. The lowest BCUT2D eigenvalue weighted by Gasteiger charge is -2.04. The molecule has 2 heteroatoms. The third-order valence-corrected chi connectivity index (χ3v) is 8.19. The van der Waals surface area contributed by atoms with Crippen molar-refractivity contribution in [1.82, 2.24) is 0 Å². The van der Waals surface area contributed by atoms with Crippen molar-refractivity contribution in [3.8, 4) is 22.3 Å². The van der Waals surface area contributed by atoms with Crippen LogP contribution in [0.2, 0.25) is 0 Å². The van der Waals surface area contributed by atoms with Crippen LogP contribution >= 0.6 is 0 Å². The maximum absolute atomic E-state index is 6.44. The summed E-state index contributed by atoms with van der Waals surface area (Å²) in [6.45, 7) is 0. The summed E-state index contributed by atoms with van der Waals surface area (Å²) in [6.07, 6.45) is 0. The van der Waals surface area contributed by atoms with E-state index in [9.17, 15) is 0 Å². The highest BCUT2D eigenvalue weighted by atomic mass is 16.3. The first-order valence-electron chi connectivity index (χ1n) is 13.6. The predicted octanol–water partition coefficient (Wildman–Crippen LogP) is 11.1. The van der Waals surface area contributed by atoms with E-state index in [-0.39, 0.29) is 0 Å². The van der Waals surface area contributed by atoms with Crippen molar-refractivity contribution in [2.75, 3.05) is 0 Å².